The molecule has 0 spiro atoms. The monoisotopic (exact) mass is 445 g/mol. The number of ether oxygens (including phenoxy) is 1. The highest BCUT2D eigenvalue weighted by atomic mass is 32.1. The number of hydrogen-bond acceptors (Lipinski definition) is 6. The second-order valence-corrected chi connectivity index (χ2v) is 8.15. The lowest BCUT2D eigenvalue weighted by Crippen LogP contribution is -2.51. The van der Waals surface area contributed by atoms with E-state index in [9.17, 15) is 14.4 Å². The zero-order valence-corrected chi connectivity index (χ0v) is 18.8. The van der Waals surface area contributed by atoms with Gasteiger partial charge in [-0.1, -0.05) is 12.1 Å². The number of amides is 4. The molecule has 1 aromatic heterocycles. The summed E-state index contributed by atoms with van der Waals surface area (Å²) in [6.07, 6.45) is -0.232. The Morgan fingerprint density at radius 1 is 1.10 bits per heavy atom. The van der Waals surface area contributed by atoms with Crippen molar-refractivity contribution in [2.45, 2.75) is 27.2 Å². The van der Waals surface area contributed by atoms with Gasteiger partial charge in [0.25, 0.3) is 0 Å². The van der Waals surface area contributed by atoms with Crippen molar-refractivity contribution < 1.29 is 19.1 Å². The molecule has 31 heavy (non-hydrogen) atoms. The summed E-state index contributed by atoms with van der Waals surface area (Å²) in [5.41, 5.74) is 3.45. The van der Waals surface area contributed by atoms with E-state index in [1.165, 1.54) is 11.3 Å². The molecule has 1 saturated heterocycles. The highest BCUT2D eigenvalue weighted by Crippen LogP contribution is 2.19. The van der Waals surface area contributed by atoms with Gasteiger partial charge in [-0.2, -0.15) is 0 Å². The third kappa shape index (κ3) is 6.17. The van der Waals surface area contributed by atoms with Crippen molar-refractivity contribution in [2.75, 3.05) is 43.4 Å². The van der Waals surface area contributed by atoms with Crippen LogP contribution in [0, 0.1) is 13.8 Å². The summed E-state index contributed by atoms with van der Waals surface area (Å²) in [4.78, 5) is 44.2. The molecule has 1 fully saturated rings. The summed E-state index contributed by atoms with van der Waals surface area (Å²) in [5, 5.41) is 7.88. The van der Waals surface area contributed by atoms with Gasteiger partial charge in [0.15, 0.2) is 5.13 Å². The van der Waals surface area contributed by atoms with Gasteiger partial charge in [-0.25, -0.2) is 14.6 Å². The van der Waals surface area contributed by atoms with Gasteiger partial charge in [0.2, 0.25) is 5.91 Å². The molecule has 166 valence electrons. The number of benzene rings is 1. The first kappa shape index (κ1) is 22.5. The fraction of sp³-hybridized carbons (Fsp3) is 0.429. The number of aryl methyl sites for hydroxylation is 2. The average Bonchev–Trinajstić information content (AvgIpc) is 3.17. The van der Waals surface area contributed by atoms with Crippen LogP contribution in [0.1, 0.15) is 23.7 Å². The molecular formula is C21H27N5O4S. The van der Waals surface area contributed by atoms with Crippen LogP contribution in [-0.2, 0) is 16.0 Å². The number of anilines is 2. The summed E-state index contributed by atoms with van der Waals surface area (Å²) >= 11 is 1.27. The lowest BCUT2D eigenvalue weighted by molar-refractivity contribution is -0.115. The van der Waals surface area contributed by atoms with E-state index < -0.39 is 0 Å². The van der Waals surface area contributed by atoms with Crippen LogP contribution in [0.2, 0.25) is 0 Å². The highest BCUT2D eigenvalue weighted by molar-refractivity contribution is 7.13. The number of piperazine rings is 1. The summed E-state index contributed by atoms with van der Waals surface area (Å²) in [5.74, 6) is -0.160. The zero-order chi connectivity index (χ0) is 22.4. The molecule has 0 aliphatic carbocycles. The van der Waals surface area contributed by atoms with E-state index in [1.807, 2.05) is 32.0 Å². The van der Waals surface area contributed by atoms with Crippen LogP contribution in [-0.4, -0.2) is 65.6 Å². The van der Waals surface area contributed by atoms with Crippen LogP contribution in [0.15, 0.2) is 23.6 Å². The maximum Gasteiger partial charge on any atom is 0.409 e. The van der Waals surface area contributed by atoms with Crippen molar-refractivity contribution in [1.82, 2.24) is 14.8 Å². The maximum atomic E-state index is 12.5. The van der Waals surface area contributed by atoms with E-state index in [0.29, 0.717) is 43.6 Å². The fourth-order valence-corrected chi connectivity index (χ4v) is 3.85. The number of hydrogen-bond donors (Lipinski definition) is 2. The molecule has 2 heterocycles. The lowest BCUT2D eigenvalue weighted by atomic mass is 10.1. The van der Waals surface area contributed by atoms with Gasteiger partial charge in [-0.15, -0.1) is 11.3 Å². The smallest absolute Gasteiger partial charge is 0.409 e. The van der Waals surface area contributed by atoms with Crippen molar-refractivity contribution in [3.05, 3.63) is 40.4 Å². The van der Waals surface area contributed by atoms with Crippen molar-refractivity contribution in [1.29, 1.82) is 0 Å². The molecule has 2 N–H and O–H groups in total. The third-order valence-electron chi connectivity index (χ3n) is 4.87. The number of nitrogens with one attached hydrogen (secondary N) is 2. The molecule has 2 aromatic rings. The molecule has 1 aliphatic rings. The Balaban J connectivity index is 1.48. The summed E-state index contributed by atoms with van der Waals surface area (Å²) in [7, 11) is 0. The Labute approximate surface area is 185 Å². The van der Waals surface area contributed by atoms with E-state index in [2.05, 4.69) is 15.6 Å². The number of carbonyl (C=O) groups excluding carboxylic acids is 3. The Morgan fingerprint density at radius 2 is 1.81 bits per heavy atom. The predicted octanol–water partition coefficient (Wildman–Crippen LogP) is 3.25. The Hall–Kier alpha value is -3.14. The average molecular weight is 446 g/mol. The van der Waals surface area contributed by atoms with Gasteiger partial charge in [0, 0.05) is 37.2 Å². The van der Waals surface area contributed by atoms with Crippen LogP contribution in [0.4, 0.5) is 20.4 Å². The second kappa shape index (κ2) is 10.3. The van der Waals surface area contributed by atoms with Crippen LogP contribution >= 0.6 is 11.3 Å². The lowest BCUT2D eigenvalue weighted by Gasteiger charge is -2.33. The summed E-state index contributed by atoms with van der Waals surface area (Å²) in [6.45, 7) is 7.69. The van der Waals surface area contributed by atoms with Crippen molar-refractivity contribution in [3.63, 3.8) is 0 Å². The normalized spacial score (nSPS) is 13.6. The molecule has 10 heteroatoms. The van der Waals surface area contributed by atoms with E-state index in [1.54, 1.807) is 22.1 Å². The van der Waals surface area contributed by atoms with Crippen molar-refractivity contribution in [2.24, 2.45) is 0 Å². The first-order valence-electron chi connectivity index (χ1n) is 10.1. The number of urea groups is 1. The zero-order valence-electron chi connectivity index (χ0n) is 17.9. The Bertz CT molecular complexity index is 953. The molecular weight excluding hydrogens is 418 g/mol. The number of aromatic nitrogens is 1. The molecule has 0 unspecified atom stereocenters. The third-order valence-corrected chi connectivity index (χ3v) is 5.67. The number of nitrogens with zero attached hydrogens (tertiary/aromatic N) is 3. The first-order chi connectivity index (χ1) is 14.9. The largest absolute Gasteiger partial charge is 0.450 e. The van der Waals surface area contributed by atoms with E-state index in [-0.39, 0.29) is 24.5 Å². The van der Waals surface area contributed by atoms with Gasteiger partial charge in [-0.05, 0) is 38.0 Å². The molecule has 0 radical (unpaired) electrons. The van der Waals surface area contributed by atoms with Crippen LogP contribution < -0.4 is 10.6 Å². The minimum Gasteiger partial charge on any atom is -0.450 e. The molecule has 1 aromatic carbocycles. The quantitative estimate of drug-likeness (QED) is 0.735. The minimum absolute atomic E-state index is 0.123. The van der Waals surface area contributed by atoms with Gasteiger partial charge >= 0.3 is 12.1 Å². The van der Waals surface area contributed by atoms with Gasteiger partial charge in [0.05, 0.1) is 18.7 Å². The van der Waals surface area contributed by atoms with E-state index >= 15 is 0 Å². The fourth-order valence-electron chi connectivity index (χ4n) is 3.15. The number of carbonyl (C=O) groups is 3. The summed E-state index contributed by atoms with van der Waals surface area (Å²) < 4.78 is 4.98. The molecule has 9 nitrogen and oxygen atoms in total. The molecule has 4 amide bonds. The van der Waals surface area contributed by atoms with Gasteiger partial charge in [-0.3, -0.25) is 10.1 Å². The van der Waals surface area contributed by atoms with Crippen LogP contribution in [0.25, 0.3) is 0 Å². The molecule has 0 bridgehead atoms. The van der Waals surface area contributed by atoms with Gasteiger partial charge in [0.1, 0.15) is 0 Å². The van der Waals surface area contributed by atoms with Gasteiger partial charge < -0.3 is 19.9 Å². The van der Waals surface area contributed by atoms with Crippen LogP contribution in [0.3, 0.4) is 0 Å². The van der Waals surface area contributed by atoms with E-state index in [4.69, 9.17) is 4.74 Å². The molecule has 1 aliphatic heterocycles. The molecule has 0 saturated carbocycles. The molecule has 0 atom stereocenters. The standard InChI is InChI=1S/C21H27N5O4S/c1-4-30-21(29)26-9-7-25(8-10-26)20(28)24-19-22-16(13-31-19)12-18(27)23-17-11-14(2)5-6-15(17)3/h5-6,11,13H,4,7-10,12H2,1-3H3,(H,23,27)(H,22,24,28). The first-order valence-corrected chi connectivity index (χ1v) is 11.0. The van der Waals surface area contributed by atoms with Crippen LogP contribution in [0.5, 0.6) is 0 Å². The predicted molar refractivity (Wildman–Crippen MR) is 120 cm³/mol. The van der Waals surface area contributed by atoms with E-state index in [0.717, 1.165) is 16.8 Å². The Kier molecular flexibility index (Phi) is 7.45. The number of thiazole rings is 1. The number of rotatable bonds is 5. The maximum absolute atomic E-state index is 12.5. The highest BCUT2D eigenvalue weighted by Gasteiger charge is 2.25. The summed E-state index contributed by atoms with van der Waals surface area (Å²) in [6, 6.07) is 5.62. The van der Waals surface area contributed by atoms with Crippen molar-refractivity contribution in [3.8, 4) is 0 Å². The van der Waals surface area contributed by atoms with Crippen molar-refractivity contribution >= 4 is 40.2 Å². The topological polar surface area (TPSA) is 104 Å². The molecule has 3 rings (SSSR count). The SMILES string of the molecule is CCOC(=O)N1CCN(C(=O)Nc2nc(CC(=O)Nc3cc(C)ccc3C)cs2)CC1. The minimum atomic E-state index is -0.355. The second-order valence-electron chi connectivity index (χ2n) is 7.29. The Morgan fingerprint density at radius 3 is 2.52 bits per heavy atom.